The highest BCUT2D eigenvalue weighted by Gasteiger charge is 2.12. The summed E-state index contributed by atoms with van der Waals surface area (Å²) in [6.45, 7) is 12.6. The van der Waals surface area contributed by atoms with Crippen molar-refractivity contribution in [2.75, 3.05) is 11.9 Å². The Balaban J connectivity index is 2.55. The molecule has 0 aliphatic carbocycles. The molecule has 0 aliphatic rings. The third kappa shape index (κ3) is 4.33. The molecule has 0 fully saturated rings. The summed E-state index contributed by atoms with van der Waals surface area (Å²) in [6.07, 6.45) is 0.881. The number of nitrogens with zero attached hydrogens (tertiary/aromatic N) is 3. The summed E-state index contributed by atoms with van der Waals surface area (Å²) in [7, 11) is 0. The summed E-state index contributed by atoms with van der Waals surface area (Å²) < 4.78 is 8.03. The van der Waals surface area contributed by atoms with E-state index in [0.717, 1.165) is 18.1 Å². The van der Waals surface area contributed by atoms with Gasteiger partial charge in [0.15, 0.2) is 0 Å². The highest BCUT2D eigenvalue weighted by molar-refractivity contribution is 9.10. The van der Waals surface area contributed by atoms with E-state index in [2.05, 4.69) is 51.8 Å². The smallest absolute Gasteiger partial charge is 0.222 e. The third-order valence-corrected chi connectivity index (χ3v) is 2.74. The first kappa shape index (κ1) is 15.0. The lowest BCUT2D eigenvalue weighted by atomic mass is 10.3. The van der Waals surface area contributed by atoms with Gasteiger partial charge in [-0.3, -0.25) is 0 Å². The minimum absolute atomic E-state index is 0.0496. The van der Waals surface area contributed by atoms with E-state index < -0.39 is 0 Å². The highest BCUT2D eigenvalue weighted by Crippen LogP contribution is 2.15. The Morgan fingerprint density at radius 1 is 1.50 bits per heavy atom. The number of hydrogen-bond donors (Lipinski definition) is 1. The maximum Gasteiger partial charge on any atom is 0.222 e. The van der Waals surface area contributed by atoms with Crippen LogP contribution in [-0.2, 0) is 4.74 Å². The minimum Gasteiger partial charge on any atom is -0.494 e. The Morgan fingerprint density at radius 3 is 2.72 bits per heavy atom. The third-order valence-electron chi connectivity index (χ3n) is 2.40. The molecule has 0 amide bonds. The van der Waals surface area contributed by atoms with Gasteiger partial charge in [0.05, 0.1) is 18.3 Å². The summed E-state index contributed by atoms with van der Waals surface area (Å²) >= 11 is 3.28. The number of halogens is 1. The van der Waals surface area contributed by atoms with Crippen LogP contribution < -0.4 is 5.32 Å². The van der Waals surface area contributed by atoms with Gasteiger partial charge in [0.2, 0.25) is 10.7 Å². The zero-order chi connectivity index (χ0) is 13.7. The van der Waals surface area contributed by atoms with Crippen molar-refractivity contribution in [1.29, 1.82) is 0 Å². The van der Waals surface area contributed by atoms with E-state index >= 15 is 0 Å². The van der Waals surface area contributed by atoms with E-state index in [-0.39, 0.29) is 12.1 Å². The monoisotopic (exact) mass is 316 g/mol. The summed E-state index contributed by atoms with van der Waals surface area (Å²) in [6, 6.07) is 0.258. The summed E-state index contributed by atoms with van der Waals surface area (Å²) in [5.41, 5.74) is 0. The van der Waals surface area contributed by atoms with Crippen LogP contribution in [0.1, 0.15) is 40.2 Å². The van der Waals surface area contributed by atoms with Crippen molar-refractivity contribution in [2.24, 2.45) is 0 Å². The van der Waals surface area contributed by atoms with Crippen LogP contribution in [0.25, 0.3) is 0 Å². The quantitative estimate of drug-likeness (QED) is 0.784. The molecule has 0 saturated heterocycles. The number of nitrogens with one attached hydrogen (secondary N) is 1. The van der Waals surface area contributed by atoms with E-state index in [0.29, 0.717) is 11.3 Å². The van der Waals surface area contributed by atoms with Crippen LogP contribution in [0.2, 0.25) is 0 Å². The molecular formula is C12H21BrN4O. The molecule has 18 heavy (non-hydrogen) atoms. The van der Waals surface area contributed by atoms with Crippen molar-refractivity contribution in [3.8, 4) is 0 Å². The molecule has 0 aliphatic heterocycles. The molecule has 102 valence electrons. The number of rotatable bonds is 7. The zero-order valence-corrected chi connectivity index (χ0v) is 13.0. The van der Waals surface area contributed by atoms with E-state index in [4.69, 9.17) is 4.74 Å². The first-order valence-electron chi connectivity index (χ1n) is 6.14. The molecule has 0 saturated carbocycles. The van der Waals surface area contributed by atoms with E-state index in [9.17, 15) is 0 Å². The number of hydrogen-bond acceptors (Lipinski definition) is 4. The van der Waals surface area contributed by atoms with Gasteiger partial charge in [-0.1, -0.05) is 13.5 Å². The number of ether oxygens (including phenoxy) is 1. The van der Waals surface area contributed by atoms with Gasteiger partial charge < -0.3 is 10.1 Å². The van der Waals surface area contributed by atoms with Gasteiger partial charge in [0.1, 0.15) is 6.10 Å². The maximum absolute atomic E-state index is 5.60. The Hall–Kier alpha value is -1.04. The van der Waals surface area contributed by atoms with Gasteiger partial charge in [-0.2, -0.15) is 4.98 Å². The molecule has 0 bridgehead atoms. The molecule has 5 nitrogen and oxygen atoms in total. The van der Waals surface area contributed by atoms with Crippen LogP contribution in [0.3, 0.4) is 0 Å². The largest absolute Gasteiger partial charge is 0.494 e. The fourth-order valence-corrected chi connectivity index (χ4v) is 1.76. The summed E-state index contributed by atoms with van der Waals surface area (Å²) in [5, 5.41) is 7.50. The predicted octanol–water partition coefficient (Wildman–Crippen LogP) is 3.36. The van der Waals surface area contributed by atoms with Crippen molar-refractivity contribution in [1.82, 2.24) is 14.8 Å². The average Bonchev–Trinajstić information content (AvgIpc) is 2.68. The van der Waals surface area contributed by atoms with Crippen LogP contribution in [-0.4, -0.2) is 27.4 Å². The molecule has 0 spiro atoms. The van der Waals surface area contributed by atoms with Crippen LogP contribution in [0.5, 0.6) is 0 Å². The molecular weight excluding hydrogens is 296 g/mol. The van der Waals surface area contributed by atoms with Gasteiger partial charge in [-0.25, -0.2) is 4.68 Å². The van der Waals surface area contributed by atoms with Crippen LogP contribution in [0.15, 0.2) is 17.1 Å². The minimum atomic E-state index is 0.0496. The number of aromatic nitrogens is 3. The Bertz CT molecular complexity index is 403. The SMILES string of the molecule is C=C(CC)O[C@H](C)CNc1nc(Br)nn1C(C)C. The van der Waals surface area contributed by atoms with E-state index in [1.165, 1.54) is 0 Å². The van der Waals surface area contributed by atoms with E-state index in [1.807, 2.05) is 18.5 Å². The van der Waals surface area contributed by atoms with Crippen LogP contribution in [0, 0.1) is 0 Å². The van der Waals surface area contributed by atoms with Gasteiger partial charge in [-0.05, 0) is 36.7 Å². The molecule has 1 aromatic rings. The highest BCUT2D eigenvalue weighted by atomic mass is 79.9. The van der Waals surface area contributed by atoms with Crippen molar-refractivity contribution >= 4 is 21.9 Å². The maximum atomic E-state index is 5.60. The Labute approximate surface area is 117 Å². The molecule has 1 N–H and O–H groups in total. The molecule has 1 rings (SSSR count). The van der Waals surface area contributed by atoms with E-state index in [1.54, 1.807) is 0 Å². The fraction of sp³-hybridized carbons (Fsp3) is 0.667. The first-order valence-corrected chi connectivity index (χ1v) is 6.93. The second-order valence-electron chi connectivity index (χ2n) is 4.44. The normalized spacial score (nSPS) is 12.6. The number of anilines is 1. The molecule has 1 heterocycles. The van der Waals surface area contributed by atoms with Crippen molar-refractivity contribution in [3.05, 3.63) is 17.1 Å². The summed E-state index contributed by atoms with van der Waals surface area (Å²) in [4.78, 5) is 4.28. The molecule has 1 atom stereocenters. The molecule has 6 heteroatoms. The second-order valence-corrected chi connectivity index (χ2v) is 5.15. The molecule has 0 unspecified atom stereocenters. The fourth-order valence-electron chi connectivity index (χ4n) is 1.42. The van der Waals surface area contributed by atoms with Gasteiger partial charge in [-0.15, -0.1) is 5.10 Å². The molecule has 1 aromatic heterocycles. The average molecular weight is 317 g/mol. The van der Waals surface area contributed by atoms with Gasteiger partial charge >= 0.3 is 0 Å². The van der Waals surface area contributed by atoms with Gasteiger partial charge in [0.25, 0.3) is 0 Å². The van der Waals surface area contributed by atoms with Gasteiger partial charge in [0, 0.05) is 6.42 Å². The Morgan fingerprint density at radius 2 is 2.17 bits per heavy atom. The Kier molecular flexibility index (Phi) is 5.65. The van der Waals surface area contributed by atoms with Crippen LogP contribution >= 0.6 is 15.9 Å². The lowest BCUT2D eigenvalue weighted by Gasteiger charge is -2.17. The lowest BCUT2D eigenvalue weighted by molar-refractivity contribution is 0.137. The predicted molar refractivity (Wildman–Crippen MR) is 76.6 cm³/mol. The number of allylic oxidation sites excluding steroid dienone is 1. The molecule has 0 aromatic carbocycles. The topological polar surface area (TPSA) is 52.0 Å². The summed E-state index contributed by atoms with van der Waals surface area (Å²) in [5.74, 6) is 1.55. The standard InChI is InChI=1S/C12H21BrN4O/c1-6-9(4)18-10(5)7-14-12-15-11(13)16-17(12)8(2)3/h8,10H,4,6-7H2,1-3,5H3,(H,14,15,16)/t10-/m1/s1. The zero-order valence-electron chi connectivity index (χ0n) is 11.4. The van der Waals surface area contributed by atoms with Crippen molar-refractivity contribution in [2.45, 2.75) is 46.3 Å². The second kappa shape index (κ2) is 6.78. The molecule has 0 radical (unpaired) electrons. The van der Waals surface area contributed by atoms with Crippen molar-refractivity contribution in [3.63, 3.8) is 0 Å². The van der Waals surface area contributed by atoms with Crippen molar-refractivity contribution < 1.29 is 4.74 Å². The first-order chi connectivity index (χ1) is 8.43. The lowest BCUT2D eigenvalue weighted by Crippen LogP contribution is -2.22. The van der Waals surface area contributed by atoms with Crippen LogP contribution in [0.4, 0.5) is 5.95 Å².